The summed E-state index contributed by atoms with van der Waals surface area (Å²) in [4.78, 5) is 1.81. The third-order valence-corrected chi connectivity index (χ3v) is 2.34. The van der Waals surface area contributed by atoms with Crippen LogP contribution in [-0.4, -0.2) is 19.3 Å². The Balaban J connectivity index is 2.68. The molecule has 0 radical (unpaired) electrons. The molecule has 0 atom stereocenters. The number of hydrogen-bond acceptors (Lipinski definition) is 4. The van der Waals surface area contributed by atoms with Gasteiger partial charge in [0.2, 0.25) is 5.88 Å². The normalized spacial score (nSPS) is 10.4. The highest BCUT2D eigenvalue weighted by Crippen LogP contribution is 2.35. The number of halogens is 1. The highest BCUT2D eigenvalue weighted by atomic mass is 19.1. The number of nitrogens with two attached hydrogens (primary N) is 1. The van der Waals surface area contributed by atoms with Crippen LogP contribution in [0.4, 0.5) is 16.0 Å². The van der Waals surface area contributed by atoms with E-state index in [0.29, 0.717) is 11.1 Å². The molecule has 0 spiro atoms. The molecular formula is C11H12FN3O. The summed E-state index contributed by atoms with van der Waals surface area (Å²) in [6, 6.07) is 4.84. The summed E-state index contributed by atoms with van der Waals surface area (Å²) >= 11 is 0. The Hall–Kier alpha value is -2.04. The molecule has 2 aromatic rings. The predicted molar refractivity (Wildman–Crippen MR) is 60.6 cm³/mol. The zero-order valence-corrected chi connectivity index (χ0v) is 9.07. The number of hydrogen-bond donors (Lipinski definition) is 1. The molecule has 0 amide bonds. The number of rotatable bonds is 2. The molecule has 0 bridgehead atoms. The maximum absolute atomic E-state index is 13.8. The van der Waals surface area contributed by atoms with E-state index in [1.165, 1.54) is 12.3 Å². The second-order valence-corrected chi connectivity index (χ2v) is 3.63. The smallest absolute Gasteiger partial charge is 0.230 e. The van der Waals surface area contributed by atoms with Crippen LogP contribution in [0.2, 0.25) is 0 Å². The number of anilines is 2. The molecule has 0 unspecified atom stereocenters. The summed E-state index contributed by atoms with van der Waals surface area (Å²) in [6.45, 7) is 0. The van der Waals surface area contributed by atoms with E-state index in [0.717, 1.165) is 5.69 Å². The highest BCUT2D eigenvalue weighted by Gasteiger charge is 2.17. The molecule has 1 heterocycles. The largest absolute Gasteiger partial charge is 0.377 e. The van der Waals surface area contributed by atoms with Crippen LogP contribution in [0.1, 0.15) is 0 Å². The number of nitrogen functional groups attached to an aromatic ring is 1. The Labute approximate surface area is 92.4 Å². The Morgan fingerprint density at radius 2 is 2.12 bits per heavy atom. The minimum atomic E-state index is -0.346. The van der Waals surface area contributed by atoms with E-state index in [1.807, 2.05) is 25.1 Å². The van der Waals surface area contributed by atoms with Crippen LogP contribution in [0.5, 0.6) is 0 Å². The van der Waals surface area contributed by atoms with Crippen molar-refractivity contribution in [3.63, 3.8) is 0 Å². The minimum Gasteiger partial charge on any atom is -0.377 e. The van der Waals surface area contributed by atoms with Gasteiger partial charge < -0.3 is 15.2 Å². The fraction of sp³-hybridized carbons (Fsp3) is 0.182. The minimum absolute atomic E-state index is 0.119. The first-order valence-corrected chi connectivity index (χ1v) is 4.77. The fourth-order valence-corrected chi connectivity index (χ4v) is 1.59. The molecule has 2 N–H and O–H groups in total. The van der Waals surface area contributed by atoms with E-state index >= 15 is 0 Å². The van der Waals surface area contributed by atoms with Crippen molar-refractivity contribution in [2.45, 2.75) is 0 Å². The Bertz CT molecular complexity index is 508. The third-order valence-electron chi connectivity index (χ3n) is 2.34. The SMILES string of the molecule is CN(C)c1cccc(F)c1-c1cnoc1N. The lowest BCUT2D eigenvalue weighted by Gasteiger charge is -2.17. The van der Waals surface area contributed by atoms with Gasteiger partial charge in [-0.3, -0.25) is 0 Å². The van der Waals surface area contributed by atoms with Gasteiger partial charge in [0, 0.05) is 25.3 Å². The van der Waals surface area contributed by atoms with E-state index in [4.69, 9.17) is 10.3 Å². The third kappa shape index (κ3) is 1.60. The quantitative estimate of drug-likeness (QED) is 0.844. The Morgan fingerprint density at radius 1 is 1.38 bits per heavy atom. The van der Waals surface area contributed by atoms with Crippen LogP contribution < -0.4 is 10.6 Å². The van der Waals surface area contributed by atoms with E-state index in [1.54, 1.807) is 6.07 Å². The lowest BCUT2D eigenvalue weighted by atomic mass is 10.1. The van der Waals surface area contributed by atoms with Gasteiger partial charge in [0.15, 0.2) is 0 Å². The first-order chi connectivity index (χ1) is 7.61. The maximum Gasteiger partial charge on any atom is 0.230 e. The van der Waals surface area contributed by atoms with Gasteiger partial charge in [-0.15, -0.1) is 0 Å². The zero-order valence-electron chi connectivity index (χ0n) is 9.07. The van der Waals surface area contributed by atoms with Crippen LogP contribution in [0.3, 0.4) is 0 Å². The van der Waals surface area contributed by atoms with Gasteiger partial charge in [0.05, 0.1) is 11.8 Å². The molecule has 0 saturated heterocycles. The van der Waals surface area contributed by atoms with Crippen LogP contribution in [0, 0.1) is 5.82 Å². The van der Waals surface area contributed by atoms with Gasteiger partial charge in [-0.05, 0) is 12.1 Å². The Morgan fingerprint density at radius 3 is 2.69 bits per heavy atom. The van der Waals surface area contributed by atoms with Gasteiger partial charge in [-0.25, -0.2) is 4.39 Å². The second kappa shape index (κ2) is 3.84. The predicted octanol–water partition coefficient (Wildman–Crippen LogP) is 2.13. The molecule has 0 aliphatic heterocycles. The lowest BCUT2D eigenvalue weighted by Crippen LogP contribution is -2.10. The average molecular weight is 221 g/mol. The van der Waals surface area contributed by atoms with Gasteiger partial charge in [-0.1, -0.05) is 11.2 Å². The summed E-state index contributed by atoms with van der Waals surface area (Å²) < 4.78 is 18.6. The molecule has 84 valence electrons. The van der Waals surface area contributed by atoms with E-state index in [9.17, 15) is 4.39 Å². The maximum atomic E-state index is 13.8. The summed E-state index contributed by atoms with van der Waals surface area (Å²) in [5.41, 5.74) is 7.21. The second-order valence-electron chi connectivity index (χ2n) is 3.63. The molecule has 0 aliphatic carbocycles. The average Bonchev–Trinajstić information content (AvgIpc) is 2.64. The molecule has 0 saturated carbocycles. The lowest BCUT2D eigenvalue weighted by molar-refractivity contribution is 0.436. The molecular weight excluding hydrogens is 209 g/mol. The first kappa shape index (κ1) is 10.5. The van der Waals surface area contributed by atoms with Crippen LogP contribution in [-0.2, 0) is 0 Å². The monoisotopic (exact) mass is 221 g/mol. The molecule has 5 heteroatoms. The molecule has 2 rings (SSSR count). The molecule has 0 fully saturated rings. The fourth-order valence-electron chi connectivity index (χ4n) is 1.59. The summed E-state index contributed by atoms with van der Waals surface area (Å²) in [5.74, 6) is -0.227. The van der Waals surface area contributed by atoms with Gasteiger partial charge in [0.1, 0.15) is 5.82 Å². The molecule has 16 heavy (non-hydrogen) atoms. The van der Waals surface area contributed by atoms with Crippen molar-refractivity contribution in [2.24, 2.45) is 0 Å². The Kier molecular flexibility index (Phi) is 2.52. The van der Waals surface area contributed by atoms with Crippen LogP contribution in [0.15, 0.2) is 28.9 Å². The van der Waals surface area contributed by atoms with Crippen molar-refractivity contribution in [3.8, 4) is 11.1 Å². The van der Waals surface area contributed by atoms with Crippen molar-refractivity contribution in [2.75, 3.05) is 24.7 Å². The van der Waals surface area contributed by atoms with E-state index in [2.05, 4.69) is 5.16 Å². The summed E-state index contributed by atoms with van der Waals surface area (Å²) in [5, 5.41) is 3.55. The topological polar surface area (TPSA) is 55.3 Å². The number of benzene rings is 1. The summed E-state index contributed by atoms with van der Waals surface area (Å²) in [6.07, 6.45) is 1.42. The summed E-state index contributed by atoms with van der Waals surface area (Å²) in [7, 11) is 3.67. The molecule has 4 nitrogen and oxygen atoms in total. The molecule has 1 aromatic carbocycles. The van der Waals surface area contributed by atoms with Gasteiger partial charge >= 0.3 is 0 Å². The van der Waals surface area contributed by atoms with Crippen molar-refractivity contribution in [3.05, 3.63) is 30.2 Å². The van der Waals surface area contributed by atoms with Crippen molar-refractivity contribution >= 4 is 11.6 Å². The number of aromatic nitrogens is 1. The van der Waals surface area contributed by atoms with Crippen LogP contribution >= 0.6 is 0 Å². The van der Waals surface area contributed by atoms with E-state index in [-0.39, 0.29) is 11.7 Å². The first-order valence-electron chi connectivity index (χ1n) is 4.77. The zero-order chi connectivity index (χ0) is 11.7. The number of nitrogens with zero attached hydrogens (tertiary/aromatic N) is 2. The van der Waals surface area contributed by atoms with Crippen molar-refractivity contribution < 1.29 is 8.91 Å². The van der Waals surface area contributed by atoms with Gasteiger partial charge in [-0.2, -0.15) is 0 Å². The van der Waals surface area contributed by atoms with Crippen LogP contribution in [0.25, 0.3) is 11.1 Å². The van der Waals surface area contributed by atoms with Crippen molar-refractivity contribution in [1.82, 2.24) is 5.16 Å². The highest BCUT2D eigenvalue weighted by molar-refractivity contribution is 5.83. The van der Waals surface area contributed by atoms with Crippen molar-refractivity contribution in [1.29, 1.82) is 0 Å². The standard InChI is InChI=1S/C11H12FN3O/c1-15(2)9-5-3-4-8(12)10(9)7-6-14-16-11(7)13/h3-6H,13H2,1-2H3. The molecule has 1 aromatic heterocycles. The van der Waals surface area contributed by atoms with E-state index < -0.39 is 0 Å². The van der Waals surface area contributed by atoms with Gasteiger partial charge in [0.25, 0.3) is 0 Å². The molecule has 0 aliphatic rings.